The lowest BCUT2D eigenvalue weighted by atomic mass is 10.1. The van der Waals surface area contributed by atoms with Gasteiger partial charge in [0.1, 0.15) is 11.3 Å². The molecule has 0 aliphatic heterocycles. The topological polar surface area (TPSA) is 64.4 Å². The van der Waals surface area contributed by atoms with Crippen molar-refractivity contribution in [1.29, 1.82) is 0 Å². The maximum absolute atomic E-state index is 12.3. The Hall–Kier alpha value is -2.82. The number of nitrogens with zero attached hydrogens (tertiary/aromatic N) is 1. The molecule has 1 N–H and O–H groups in total. The highest BCUT2D eigenvalue weighted by Gasteiger charge is 2.17. The van der Waals surface area contributed by atoms with Gasteiger partial charge in [-0.05, 0) is 44.0 Å². The number of rotatable bonds is 6. The van der Waals surface area contributed by atoms with Crippen LogP contribution in [0.3, 0.4) is 0 Å². The van der Waals surface area contributed by atoms with Crippen molar-refractivity contribution < 1.29 is 13.9 Å². The number of furan rings is 1. The van der Waals surface area contributed by atoms with Crippen LogP contribution in [0.15, 0.2) is 47.0 Å². The van der Waals surface area contributed by atoms with E-state index in [1.54, 1.807) is 19.4 Å². The fourth-order valence-corrected chi connectivity index (χ4v) is 2.65. The van der Waals surface area contributed by atoms with Crippen LogP contribution in [0.25, 0.3) is 11.0 Å². The van der Waals surface area contributed by atoms with Crippen LogP contribution in [-0.4, -0.2) is 24.5 Å². The molecule has 0 spiro atoms. The van der Waals surface area contributed by atoms with Gasteiger partial charge in [0.25, 0.3) is 5.91 Å². The molecule has 124 valence electrons. The van der Waals surface area contributed by atoms with Crippen molar-refractivity contribution in [3.63, 3.8) is 0 Å². The van der Waals surface area contributed by atoms with Crippen LogP contribution in [-0.2, 0) is 6.42 Å². The van der Waals surface area contributed by atoms with E-state index < -0.39 is 0 Å². The van der Waals surface area contributed by atoms with Crippen LogP contribution in [0.1, 0.15) is 28.2 Å². The zero-order valence-corrected chi connectivity index (χ0v) is 13.8. The Labute approximate surface area is 140 Å². The van der Waals surface area contributed by atoms with Crippen LogP contribution in [0.5, 0.6) is 5.75 Å². The fourth-order valence-electron chi connectivity index (χ4n) is 2.65. The van der Waals surface area contributed by atoms with E-state index in [1.807, 2.05) is 37.3 Å². The molecule has 5 heteroatoms. The highest BCUT2D eigenvalue weighted by atomic mass is 16.5. The lowest BCUT2D eigenvalue weighted by Crippen LogP contribution is -2.25. The minimum absolute atomic E-state index is 0.191. The molecule has 0 atom stereocenters. The van der Waals surface area contributed by atoms with Crippen LogP contribution < -0.4 is 10.1 Å². The summed E-state index contributed by atoms with van der Waals surface area (Å²) in [6.45, 7) is 2.47. The first kappa shape index (κ1) is 16.1. The number of carbonyl (C=O) groups excluding carboxylic acids is 1. The molecule has 0 unspecified atom stereocenters. The number of carbonyl (C=O) groups is 1. The van der Waals surface area contributed by atoms with Gasteiger partial charge in [-0.1, -0.05) is 6.07 Å². The van der Waals surface area contributed by atoms with E-state index in [0.29, 0.717) is 23.6 Å². The number of aryl methyl sites for hydroxylation is 2. The molecule has 3 aromatic rings. The lowest BCUT2D eigenvalue weighted by molar-refractivity contribution is 0.0927. The molecule has 1 amide bonds. The van der Waals surface area contributed by atoms with Crippen molar-refractivity contribution in [1.82, 2.24) is 10.3 Å². The summed E-state index contributed by atoms with van der Waals surface area (Å²) in [5, 5.41) is 3.83. The highest BCUT2D eigenvalue weighted by Crippen LogP contribution is 2.28. The third-order valence-electron chi connectivity index (χ3n) is 3.97. The largest absolute Gasteiger partial charge is 0.497 e. The molecule has 0 saturated carbocycles. The summed E-state index contributed by atoms with van der Waals surface area (Å²) in [4.78, 5) is 16.6. The quantitative estimate of drug-likeness (QED) is 0.705. The first-order valence-corrected chi connectivity index (χ1v) is 7.94. The number of nitrogens with one attached hydrogen (secondary N) is 1. The Balaban J connectivity index is 1.62. The Bertz CT molecular complexity index is 840. The van der Waals surface area contributed by atoms with Crippen molar-refractivity contribution in [3.8, 4) is 5.75 Å². The monoisotopic (exact) mass is 324 g/mol. The van der Waals surface area contributed by atoms with Gasteiger partial charge >= 0.3 is 0 Å². The number of pyridine rings is 1. The predicted molar refractivity (Wildman–Crippen MR) is 92.4 cm³/mol. The van der Waals surface area contributed by atoms with Crippen molar-refractivity contribution in [3.05, 3.63) is 59.6 Å². The molecule has 1 aromatic carbocycles. The molecule has 2 aromatic heterocycles. The maximum Gasteiger partial charge on any atom is 0.287 e. The van der Waals surface area contributed by atoms with Gasteiger partial charge in [-0.15, -0.1) is 0 Å². The number of hydrogen-bond donors (Lipinski definition) is 1. The fraction of sp³-hybridized carbons (Fsp3) is 0.263. The van der Waals surface area contributed by atoms with E-state index in [-0.39, 0.29) is 5.91 Å². The molecule has 0 saturated heterocycles. The summed E-state index contributed by atoms with van der Waals surface area (Å²) < 4.78 is 10.9. The van der Waals surface area contributed by atoms with E-state index in [2.05, 4.69) is 10.3 Å². The minimum atomic E-state index is -0.191. The standard InChI is InChI=1S/C19H20N2O3/c1-13-16-9-8-15(23-2)12-17(16)24-18(13)19(22)21-11-5-7-14-6-3-4-10-20-14/h3-4,6,8-10,12H,5,7,11H2,1-2H3,(H,21,22). The van der Waals surface area contributed by atoms with E-state index in [0.717, 1.165) is 29.5 Å². The molecular weight excluding hydrogens is 304 g/mol. The molecule has 0 bridgehead atoms. The van der Waals surface area contributed by atoms with E-state index in [1.165, 1.54) is 0 Å². The van der Waals surface area contributed by atoms with Crippen LogP contribution >= 0.6 is 0 Å². The molecule has 2 heterocycles. The molecule has 0 radical (unpaired) electrons. The number of ether oxygens (including phenoxy) is 1. The SMILES string of the molecule is COc1ccc2c(C)c(C(=O)NCCCc3ccccn3)oc2c1. The summed E-state index contributed by atoms with van der Waals surface area (Å²) in [5.41, 5.74) is 2.53. The highest BCUT2D eigenvalue weighted by molar-refractivity contribution is 5.99. The van der Waals surface area contributed by atoms with Gasteiger partial charge in [-0.25, -0.2) is 0 Å². The molecule has 0 aliphatic carbocycles. The van der Waals surface area contributed by atoms with Gasteiger partial charge < -0.3 is 14.5 Å². The Morgan fingerprint density at radius 2 is 2.17 bits per heavy atom. The molecule has 5 nitrogen and oxygen atoms in total. The molecule has 0 aliphatic rings. The number of aromatic nitrogens is 1. The van der Waals surface area contributed by atoms with Crippen LogP contribution in [0.2, 0.25) is 0 Å². The maximum atomic E-state index is 12.3. The second-order valence-electron chi connectivity index (χ2n) is 5.60. The molecule has 0 fully saturated rings. The number of amides is 1. The van der Waals surface area contributed by atoms with Crippen LogP contribution in [0, 0.1) is 6.92 Å². The van der Waals surface area contributed by atoms with Crippen molar-refractivity contribution in [2.24, 2.45) is 0 Å². The van der Waals surface area contributed by atoms with Gasteiger partial charge in [0, 0.05) is 35.5 Å². The Morgan fingerprint density at radius 3 is 2.92 bits per heavy atom. The predicted octanol–water partition coefficient (Wildman–Crippen LogP) is 3.51. The second kappa shape index (κ2) is 7.17. The molecular formula is C19H20N2O3. The van der Waals surface area contributed by atoms with E-state index in [4.69, 9.17) is 9.15 Å². The normalized spacial score (nSPS) is 10.8. The summed E-state index contributed by atoms with van der Waals surface area (Å²) in [7, 11) is 1.60. The summed E-state index contributed by atoms with van der Waals surface area (Å²) >= 11 is 0. The third kappa shape index (κ3) is 3.40. The van der Waals surface area contributed by atoms with Gasteiger partial charge in [-0.3, -0.25) is 9.78 Å². The number of fused-ring (bicyclic) bond motifs is 1. The first-order valence-electron chi connectivity index (χ1n) is 7.94. The minimum Gasteiger partial charge on any atom is -0.497 e. The van der Waals surface area contributed by atoms with Gasteiger partial charge in [0.2, 0.25) is 0 Å². The molecule has 3 rings (SSSR count). The Kier molecular flexibility index (Phi) is 4.79. The first-order chi connectivity index (χ1) is 11.7. The summed E-state index contributed by atoms with van der Waals surface area (Å²) in [6.07, 6.45) is 3.44. The average molecular weight is 324 g/mol. The lowest BCUT2D eigenvalue weighted by Gasteiger charge is -2.03. The second-order valence-corrected chi connectivity index (χ2v) is 5.60. The van der Waals surface area contributed by atoms with Gasteiger partial charge in [-0.2, -0.15) is 0 Å². The van der Waals surface area contributed by atoms with Crippen molar-refractivity contribution in [2.75, 3.05) is 13.7 Å². The zero-order chi connectivity index (χ0) is 16.9. The van der Waals surface area contributed by atoms with E-state index in [9.17, 15) is 4.79 Å². The third-order valence-corrected chi connectivity index (χ3v) is 3.97. The summed E-state index contributed by atoms with van der Waals surface area (Å²) in [6, 6.07) is 11.4. The summed E-state index contributed by atoms with van der Waals surface area (Å²) in [5.74, 6) is 0.873. The average Bonchev–Trinajstić information content (AvgIpc) is 2.95. The van der Waals surface area contributed by atoms with Gasteiger partial charge in [0.15, 0.2) is 5.76 Å². The van der Waals surface area contributed by atoms with Gasteiger partial charge in [0.05, 0.1) is 7.11 Å². The van der Waals surface area contributed by atoms with E-state index >= 15 is 0 Å². The number of hydrogen-bond acceptors (Lipinski definition) is 4. The van der Waals surface area contributed by atoms with Crippen LogP contribution in [0.4, 0.5) is 0 Å². The molecule has 24 heavy (non-hydrogen) atoms. The number of benzene rings is 1. The van der Waals surface area contributed by atoms with Crippen molar-refractivity contribution in [2.45, 2.75) is 19.8 Å². The Morgan fingerprint density at radius 1 is 1.29 bits per heavy atom. The smallest absolute Gasteiger partial charge is 0.287 e. The zero-order valence-electron chi connectivity index (χ0n) is 13.8. The van der Waals surface area contributed by atoms with Crippen molar-refractivity contribution >= 4 is 16.9 Å². The number of methoxy groups -OCH3 is 1.